The van der Waals surface area contributed by atoms with Crippen molar-refractivity contribution in [1.82, 2.24) is 58.5 Å². The first-order valence-electron chi connectivity index (χ1n) is 30.4. The van der Waals surface area contributed by atoms with E-state index in [-0.39, 0.29) is 115 Å². The number of benzene rings is 1. The van der Waals surface area contributed by atoms with Gasteiger partial charge in [0.05, 0.1) is 6.10 Å². The zero-order valence-corrected chi connectivity index (χ0v) is 51.4. The zero-order valence-electron chi connectivity index (χ0n) is 51.4. The lowest BCUT2D eigenvalue weighted by atomic mass is 10.00. The summed E-state index contributed by atoms with van der Waals surface area (Å²) >= 11 is 0. The van der Waals surface area contributed by atoms with Gasteiger partial charge in [0, 0.05) is 19.4 Å². The molecule has 0 aromatic heterocycles. The number of rotatable bonds is 30. The van der Waals surface area contributed by atoms with Crippen molar-refractivity contribution in [1.29, 1.82) is 0 Å². The van der Waals surface area contributed by atoms with Gasteiger partial charge < -0.3 is 92.3 Å². The predicted molar refractivity (Wildman–Crippen MR) is 324 cm³/mol. The molecule has 28 heteroatoms. The maximum atomic E-state index is 14.6. The van der Waals surface area contributed by atoms with Crippen LogP contribution in [0.5, 0.6) is 0 Å². The molecule has 2 rings (SSSR count). The summed E-state index contributed by atoms with van der Waals surface area (Å²) in [6, 6.07) is -5.32. The standard InChI is InChI=1S/C58H102N16O12/c1-8-35(6)14-12-13-17-47(76)65-38(18-24-59)55(83)74-48(36(7)75)58(86)70-42(22-28-63)51(79)69-43-23-29-64-49(77)44(30-33(2)3)71-52(80)40(20-26-61)66-50(78)39(19-25-60)68-56(84)45(31-34(4)5)72-57(85)46(32-37-15-10-9-11-16-37)73-53(81)41(21-27-62)67-54(43)82/h9-11,15-16,33-36,38-46,48,75H,8,12-14,17-32,59-63H2,1-7H3,(H,64,77)(H,65,76)(H,66,78)(H,67,82)(H,68,84)(H,69,79)(H,70,86)(H,71,80)(H,72,85)(H,73,81)(H,74,83)/t35?,36-,38?,39?,40?,41?,42?,43?,44+,45?,46?,48+/m1/s1. The molecule has 12 atom stereocenters. The third kappa shape index (κ3) is 27.7. The molecule has 9 unspecified atom stereocenters. The maximum Gasteiger partial charge on any atom is 0.245 e. The fraction of sp³-hybridized carbons (Fsp3) is 0.707. The third-order valence-electron chi connectivity index (χ3n) is 14.5. The fourth-order valence-electron chi connectivity index (χ4n) is 9.45. The van der Waals surface area contributed by atoms with E-state index in [4.69, 9.17) is 28.7 Å². The lowest BCUT2D eigenvalue weighted by Crippen LogP contribution is -2.62. The number of hydrogen-bond donors (Lipinski definition) is 17. The highest BCUT2D eigenvalue weighted by molar-refractivity contribution is 5.99. The molecule has 1 fully saturated rings. The molecule has 28 nitrogen and oxygen atoms in total. The van der Waals surface area contributed by atoms with Crippen molar-refractivity contribution in [2.24, 2.45) is 46.4 Å². The molecule has 1 heterocycles. The molecular formula is C58H102N16O12. The maximum absolute atomic E-state index is 14.6. The van der Waals surface area contributed by atoms with Crippen LogP contribution in [0.2, 0.25) is 0 Å². The first-order valence-corrected chi connectivity index (χ1v) is 30.4. The van der Waals surface area contributed by atoms with Crippen molar-refractivity contribution >= 4 is 65.0 Å². The van der Waals surface area contributed by atoms with Crippen LogP contribution in [0.4, 0.5) is 0 Å². The van der Waals surface area contributed by atoms with Gasteiger partial charge in [0.25, 0.3) is 0 Å². The summed E-state index contributed by atoms with van der Waals surface area (Å²) in [4.78, 5) is 155. The van der Waals surface area contributed by atoms with Gasteiger partial charge in [-0.15, -0.1) is 0 Å². The first-order chi connectivity index (χ1) is 40.8. The average Bonchev–Trinajstić information content (AvgIpc) is 3.67. The minimum absolute atomic E-state index is 0.00468. The second kappa shape index (κ2) is 40.5. The van der Waals surface area contributed by atoms with Crippen LogP contribution in [-0.2, 0) is 59.2 Å². The molecule has 1 aliphatic rings. The molecule has 0 radical (unpaired) electrons. The van der Waals surface area contributed by atoms with Gasteiger partial charge in [0.15, 0.2) is 0 Å². The summed E-state index contributed by atoms with van der Waals surface area (Å²) in [5.74, 6) is -8.87. The van der Waals surface area contributed by atoms with E-state index < -0.39 is 132 Å². The van der Waals surface area contributed by atoms with Gasteiger partial charge in [-0.1, -0.05) is 91.1 Å². The van der Waals surface area contributed by atoms with Crippen molar-refractivity contribution in [3.05, 3.63) is 35.9 Å². The molecule has 1 saturated heterocycles. The number of carbonyl (C=O) groups excluding carboxylic acids is 11. The van der Waals surface area contributed by atoms with E-state index in [1.807, 2.05) is 0 Å². The first kappa shape index (κ1) is 75.2. The van der Waals surface area contributed by atoms with Gasteiger partial charge in [0.2, 0.25) is 65.0 Å². The Morgan fingerprint density at radius 1 is 0.535 bits per heavy atom. The topological polar surface area (TPSA) is 470 Å². The van der Waals surface area contributed by atoms with E-state index in [9.17, 15) is 57.8 Å². The molecule has 1 aromatic rings. The molecule has 22 N–H and O–H groups in total. The molecule has 1 aromatic carbocycles. The van der Waals surface area contributed by atoms with Crippen LogP contribution in [0.25, 0.3) is 0 Å². The molecule has 1 aliphatic heterocycles. The van der Waals surface area contributed by atoms with Crippen LogP contribution >= 0.6 is 0 Å². The Bertz CT molecular complexity index is 2330. The highest BCUT2D eigenvalue weighted by Crippen LogP contribution is 2.14. The minimum atomic E-state index is -1.68. The SMILES string of the molecule is CCC(C)CCCCC(=O)NC(CCN)C(=O)N[C@H](C(=O)NC(CCN)C(=O)NC1CCNC(=O)[C@H](CC(C)C)NC(=O)C(CCN)NC(=O)C(CCN)NC(=O)C(CC(C)C)NC(=O)C(Cc2ccccc2)NC(=O)C(CCN)NC1=O)[C@@H](C)O. The molecule has 0 saturated carbocycles. The normalized spacial score (nSPS) is 22.5. The van der Waals surface area contributed by atoms with Crippen LogP contribution in [0.15, 0.2) is 30.3 Å². The number of nitrogens with one attached hydrogen (secondary N) is 11. The number of carbonyl (C=O) groups is 11. The largest absolute Gasteiger partial charge is 0.391 e. The van der Waals surface area contributed by atoms with Crippen LogP contribution in [-0.4, -0.2) is 176 Å². The van der Waals surface area contributed by atoms with Crippen LogP contribution < -0.4 is 87.2 Å². The molecule has 0 spiro atoms. The molecule has 11 amide bonds. The lowest BCUT2D eigenvalue weighted by molar-refractivity contribution is -0.137. The van der Waals surface area contributed by atoms with Gasteiger partial charge >= 0.3 is 0 Å². The quantitative estimate of drug-likeness (QED) is 0.0331. The number of aliphatic hydroxyl groups excluding tert-OH is 1. The summed E-state index contributed by atoms with van der Waals surface area (Å²) in [7, 11) is 0. The monoisotopic (exact) mass is 1210 g/mol. The van der Waals surface area contributed by atoms with Gasteiger partial charge in [-0.3, -0.25) is 52.7 Å². The number of nitrogens with two attached hydrogens (primary N) is 5. The number of aliphatic hydroxyl groups is 1. The molecule has 0 bridgehead atoms. The highest BCUT2D eigenvalue weighted by atomic mass is 16.3. The van der Waals surface area contributed by atoms with E-state index in [0.717, 1.165) is 19.3 Å². The Morgan fingerprint density at radius 2 is 0.988 bits per heavy atom. The molecule has 486 valence electrons. The smallest absolute Gasteiger partial charge is 0.245 e. The Labute approximate surface area is 506 Å². The van der Waals surface area contributed by atoms with Gasteiger partial charge in [-0.25, -0.2) is 0 Å². The Hall–Kier alpha value is -6.85. The van der Waals surface area contributed by atoms with Gasteiger partial charge in [-0.2, -0.15) is 0 Å². The Balaban J connectivity index is 2.69. The second-order valence-electron chi connectivity index (χ2n) is 23.0. The van der Waals surface area contributed by atoms with Crippen molar-refractivity contribution in [3.8, 4) is 0 Å². The van der Waals surface area contributed by atoms with Crippen LogP contribution in [0, 0.1) is 17.8 Å². The Kier molecular flexibility index (Phi) is 35.5. The predicted octanol–water partition coefficient (Wildman–Crippen LogP) is -3.58. The van der Waals surface area contributed by atoms with E-state index in [0.29, 0.717) is 17.9 Å². The van der Waals surface area contributed by atoms with Crippen molar-refractivity contribution < 1.29 is 57.8 Å². The van der Waals surface area contributed by atoms with Crippen molar-refractivity contribution in [3.63, 3.8) is 0 Å². The fourth-order valence-corrected chi connectivity index (χ4v) is 9.45. The van der Waals surface area contributed by atoms with E-state index in [1.165, 1.54) is 6.92 Å². The van der Waals surface area contributed by atoms with Gasteiger partial charge in [0.1, 0.15) is 60.4 Å². The average molecular weight is 1220 g/mol. The van der Waals surface area contributed by atoms with E-state index in [1.54, 1.807) is 58.0 Å². The summed E-state index contributed by atoms with van der Waals surface area (Å²) < 4.78 is 0. The summed E-state index contributed by atoms with van der Waals surface area (Å²) in [5.41, 5.74) is 30.1. The van der Waals surface area contributed by atoms with Crippen LogP contribution in [0.1, 0.15) is 138 Å². The van der Waals surface area contributed by atoms with Crippen molar-refractivity contribution in [2.45, 2.75) is 205 Å². The second-order valence-corrected chi connectivity index (χ2v) is 23.0. The number of amides is 11. The zero-order chi connectivity index (χ0) is 64.5. The summed E-state index contributed by atoms with van der Waals surface area (Å²) in [5, 5.41) is 39.8. The van der Waals surface area contributed by atoms with Crippen molar-refractivity contribution in [2.75, 3.05) is 39.3 Å². The highest BCUT2D eigenvalue weighted by Gasteiger charge is 2.37. The number of unbranched alkanes of at least 4 members (excludes halogenated alkanes) is 1. The molecule has 86 heavy (non-hydrogen) atoms. The van der Waals surface area contributed by atoms with E-state index in [2.05, 4.69) is 72.3 Å². The summed E-state index contributed by atoms with van der Waals surface area (Å²) in [6.45, 7) is 11.8. The molecule has 0 aliphatic carbocycles. The summed E-state index contributed by atoms with van der Waals surface area (Å²) in [6.07, 6.45) is 0.991. The molecular weight excluding hydrogens is 1110 g/mol. The van der Waals surface area contributed by atoms with Crippen LogP contribution in [0.3, 0.4) is 0 Å². The van der Waals surface area contributed by atoms with E-state index >= 15 is 0 Å². The van der Waals surface area contributed by atoms with Gasteiger partial charge in [-0.05, 0) is 121 Å². The number of hydrogen-bond acceptors (Lipinski definition) is 17. The minimum Gasteiger partial charge on any atom is -0.391 e. The third-order valence-corrected chi connectivity index (χ3v) is 14.5. The lowest BCUT2D eigenvalue weighted by Gasteiger charge is -2.29. The Morgan fingerprint density at radius 3 is 1.47 bits per heavy atom.